The molecule has 0 unspecified atom stereocenters. The van der Waals surface area contributed by atoms with Crippen molar-refractivity contribution in [1.82, 2.24) is 0 Å². The van der Waals surface area contributed by atoms with Crippen molar-refractivity contribution in [2.24, 2.45) is 0 Å². The Morgan fingerprint density at radius 1 is 1.13 bits per heavy atom. The van der Waals surface area contributed by atoms with Gasteiger partial charge in [-0.2, -0.15) is 8.78 Å². The molecule has 1 aromatic carbocycles. The van der Waals surface area contributed by atoms with Crippen LogP contribution in [-0.2, 0) is 0 Å². The van der Waals surface area contributed by atoms with E-state index in [4.69, 9.17) is 0 Å². The van der Waals surface area contributed by atoms with E-state index in [1.54, 1.807) is 0 Å². The Bertz CT molecular complexity index is 350. The predicted octanol–water partition coefficient (Wildman–Crippen LogP) is 2.48. The van der Waals surface area contributed by atoms with Crippen LogP contribution >= 0.6 is 0 Å². The zero-order valence-electron chi connectivity index (χ0n) is 7.06. The maximum atomic E-state index is 12.8. The summed E-state index contributed by atoms with van der Waals surface area (Å²) < 4.78 is 75.9. The SMILES string of the molecule is Fc1cc([B-](F)(F)F)ccc1OC(F)F. The van der Waals surface area contributed by atoms with Gasteiger partial charge in [-0.25, -0.2) is 4.39 Å². The lowest BCUT2D eigenvalue weighted by Crippen LogP contribution is -2.34. The second kappa shape index (κ2) is 4.04. The molecule has 0 aromatic heterocycles. The van der Waals surface area contributed by atoms with E-state index in [0.717, 1.165) is 0 Å². The van der Waals surface area contributed by atoms with Crippen molar-refractivity contribution in [2.45, 2.75) is 6.61 Å². The smallest absolute Gasteiger partial charge is 0.445 e. The fraction of sp³-hybridized carbons (Fsp3) is 0.143. The van der Waals surface area contributed by atoms with Gasteiger partial charge in [0.15, 0.2) is 11.6 Å². The van der Waals surface area contributed by atoms with Gasteiger partial charge in [0.25, 0.3) is 0 Å². The topological polar surface area (TPSA) is 9.23 Å². The normalized spacial score (nSPS) is 11.9. The first kappa shape index (κ1) is 11.7. The van der Waals surface area contributed by atoms with Crippen LogP contribution in [0, 0.1) is 5.82 Å². The van der Waals surface area contributed by atoms with E-state index >= 15 is 0 Å². The second-order valence-electron chi connectivity index (χ2n) is 2.64. The zero-order valence-corrected chi connectivity index (χ0v) is 7.06. The van der Waals surface area contributed by atoms with E-state index < -0.39 is 30.6 Å². The molecule has 0 aliphatic carbocycles. The molecular weight excluding hydrogens is 225 g/mol. The molecule has 0 saturated heterocycles. The summed E-state index contributed by atoms with van der Waals surface area (Å²) in [6.07, 6.45) is 0. The highest BCUT2D eigenvalue weighted by atomic mass is 19.4. The van der Waals surface area contributed by atoms with Gasteiger partial charge in [-0.05, 0) is 12.1 Å². The quantitative estimate of drug-likeness (QED) is 0.571. The lowest BCUT2D eigenvalue weighted by molar-refractivity contribution is -0.0521. The van der Waals surface area contributed by atoms with Crippen molar-refractivity contribution in [3.05, 3.63) is 24.0 Å². The van der Waals surface area contributed by atoms with Crippen LogP contribution < -0.4 is 10.2 Å². The van der Waals surface area contributed by atoms with Crippen molar-refractivity contribution in [3.8, 4) is 5.75 Å². The maximum absolute atomic E-state index is 12.8. The van der Waals surface area contributed by atoms with E-state index in [2.05, 4.69) is 4.74 Å². The highest BCUT2D eigenvalue weighted by molar-refractivity contribution is 6.73. The third-order valence-electron chi connectivity index (χ3n) is 1.55. The van der Waals surface area contributed by atoms with Crippen molar-refractivity contribution in [3.63, 3.8) is 0 Å². The number of rotatable bonds is 3. The Balaban J connectivity index is 2.98. The molecule has 15 heavy (non-hydrogen) atoms. The summed E-state index contributed by atoms with van der Waals surface area (Å²) in [4.78, 5) is 0. The summed E-state index contributed by atoms with van der Waals surface area (Å²) in [5, 5.41) is 0. The van der Waals surface area contributed by atoms with Crippen LogP contribution in [0.5, 0.6) is 5.75 Å². The van der Waals surface area contributed by atoms with Gasteiger partial charge in [0.2, 0.25) is 0 Å². The number of hydrogen-bond acceptors (Lipinski definition) is 1. The lowest BCUT2D eigenvalue weighted by Gasteiger charge is -2.15. The van der Waals surface area contributed by atoms with Crippen molar-refractivity contribution < 1.29 is 30.9 Å². The Labute approximate surface area is 80.7 Å². The number of hydrogen-bond donors (Lipinski definition) is 0. The fourth-order valence-electron chi connectivity index (χ4n) is 0.912. The van der Waals surface area contributed by atoms with E-state index in [1.165, 1.54) is 0 Å². The third-order valence-corrected chi connectivity index (χ3v) is 1.55. The van der Waals surface area contributed by atoms with Crippen molar-refractivity contribution in [1.29, 1.82) is 0 Å². The molecule has 0 atom stereocenters. The van der Waals surface area contributed by atoms with Gasteiger partial charge in [-0.15, -0.1) is 5.46 Å². The molecule has 0 radical (unpaired) electrons. The Morgan fingerprint density at radius 2 is 1.73 bits per heavy atom. The average molecular weight is 229 g/mol. The molecule has 0 heterocycles. The van der Waals surface area contributed by atoms with Gasteiger partial charge in [0.1, 0.15) is 0 Å². The minimum atomic E-state index is -5.34. The van der Waals surface area contributed by atoms with Gasteiger partial charge in [0.05, 0.1) is 0 Å². The number of alkyl halides is 2. The van der Waals surface area contributed by atoms with Crippen LogP contribution in [0.4, 0.5) is 26.1 Å². The van der Waals surface area contributed by atoms with Gasteiger partial charge in [-0.1, -0.05) is 6.07 Å². The highest BCUT2D eigenvalue weighted by Crippen LogP contribution is 2.19. The average Bonchev–Trinajstić information content (AvgIpc) is 2.05. The third kappa shape index (κ3) is 3.07. The first-order valence-corrected chi connectivity index (χ1v) is 3.75. The van der Waals surface area contributed by atoms with Crippen LogP contribution in [0.1, 0.15) is 0 Å². The molecule has 1 aromatic rings. The van der Waals surface area contributed by atoms with E-state index in [9.17, 15) is 26.1 Å². The van der Waals surface area contributed by atoms with Crippen LogP contribution in [-0.4, -0.2) is 13.6 Å². The number of halogens is 6. The summed E-state index contributed by atoms with van der Waals surface area (Å²) in [7, 11) is 0. The first-order valence-electron chi connectivity index (χ1n) is 3.75. The summed E-state index contributed by atoms with van der Waals surface area (Å²) in [5.41, 5.74) is -1.20. The molecule has 1 nitrogen and oxygen atoms in total. The van der Waals surface area contributed by atoms with Crippen molar-refractivity contribution >= 4 is 12.4 Å². The molecule has 0 saturated carbocycles. The van der Waals surface area contributed by atoms with E-state index in [-0.39, 0.29) is 6.07 Å². The molecule has 0 aliphatic rings. The minimum Gasteiger partial charge on any atom is -0.445 e. The Hall–Kier alpha value is -1.34. The van der Waals surface area contributed by atoms with Gasteiger partial charge in [0, 0.05) is 0 Å². The minimum absolute atomic E-state index is 0.123. The molecule has 0 fully saturated rings. The standard InChI is InChI=1S/C7H4BF6O/c9-5-3-4(8(12,13)14)1-2-6(5)15-7(10)11/h1-3,7H/q-1. The highest BCUT2D eigenvalue weighted by Gasteiger charge is 2.26. The zero-order chi connectivity index (χ0) is 11.6. The fourth-order valence-corrected chi connectivity index (χ4v) is 0.912. The van der Waals surface area contributed by atoms with Crippen LogP contribution in [0.3, 0.4) is 0 Å². The molecule has 0 spiro atoms. The van der Waals surface area contributed by atoms with E-state index in [0.29, 0.717) is 12.1 Å². The van der Waals surface area contributed by atoms with E-state index in [1.807, 2.05) is 0 Å². The van der Waals surface area contributed by atoms with Crippen LogP contribution in [0.25, 0.3) is 0 Å². The van der Waals surface area contributed by atoms with Gasteiger partial charge >= 0.3 is 13.6 Å². The van der Waals surface area contributed by atoms with Gasteiger partial charge in [-0.3, -0.25) is 0 Å². The Kier molecular flexibility index (Phi) is 3.16. The molecule has 0 amide bonds. The molecule has 0 aliphatic heterocycles. The number of ether oxygens (including phenoxy) is 1. The lowest BCUT2D eigenvalue weighted by atomic mass is 9.80. The summed E-state index contributed by atoms with van der Waals surface area (Å²) in [6.45, 7) is -8.62. The van der Waals surface area contributed by atoms with Crippen molar-refractivity contribution in [2.75, 3.05) is 0 Å². The van der Waals surface area contributed by atoms with Crippen LogP contribution in [0.2, 0.25) is 0 Å². The largest absolute Gasteiger partial charge is 0.509 e. The van der Waals surface area contributed by atoms with Crippen LogP contribution in [0.15, 0.2) is 18.2 Å². The molecule has 0 N–H and O–H groups in total. The second-order valence-corrected chi connectivity index (χ2v) is 2.64. The molecule has 1 rings (SSSR count). The molecule has 8 heteroatoms. The predicted molar refractivity (Wildman–Crippen MR) is 41.7 cm³/mol. The summed E-state index contributed by atoms with van der Waals surface area (Å²) >= 11 is 0. The van der Waals surface area contributed by atoms with Gasteiger partial charge < -0.3 is 17.7 Å². The first-order chi connectivity index (χ1) is 6.80. The molecular formula is C7H4BF6O-. The molecule has 84 valence electrons. The Morgan fingerprint density at radius 3 is 2.13 bits per heavy atom. The summed E-state index contributed by atoms with van der Waals surface area (Å²) in [6, 6.07) is 1.13. The summed E-state index contributed by atoms with van der Waals surface area (Å²) in [5.74, 6) is -2.37. The number of benzene rings is 1. The maximum Gasteiger partial charge on any atom is 0.509 e. The monoisotopic (exact) mass is 229 g/mol. The molecule has 0 bridgehead atoms.